The molecule has 1 amide bonds. The highest BCUT2D eigenvalue weighted by Gasteiger charge is 2.14. The highest BCUT2D eigenvalue weighted by atomic mass is 19.2. The van der Waals surface area contributed by atoms with Gasteiger partial charge in [-0.25, -0.2) is 8.78 Å². The SMILES string of the molecule is CC(C)C(N)CCN(C)C(=O)Cc1ccc(F)c(F)c1. The Labute approximate surface area is 118 Å². The monoisotopic (exact) mass is 284 g/mol. The molecule has 3 nitrogen and oxygen atoms in total. The maximum atomic E-state index is 13.1. The molecule has 112 valence electrons. The van der Waals surface area contributed by atoms with E-state index in [0.717, 1.165) is 18.6 Å². The van der Waals surface area contributed by atoms with Crippen LogP contribution in [0.2, 0.25) is 0 Å². The number of carbonyl (C=O) groups excluding carboxylic acids is 1. The molecular formula is C15H22F2N2O. The Balaban J connectivity index is 2.51. The third kappa shape index (κ3) is 4.89. The second-order valence-electron chi connectivity index (χ2n) is 5.44. The van der Waals surface area contributed by atoms with Crippen molar-refractivity contribution >= 4 is 5.91 Å². The van der Waals surface area contributed by atoms with E-state index < -0.39 is 11.6 Å². The lowest BCUT2D eigenvalue weighted by atomic mass is 10.0. The van der Waals surface area contributed by atoms with E-state index in [0.29, 0.717) is 18.0 Å². The Morgan fingerprint density at radius 2 is 1.95 bits per heavy atom. The minimum atomic E-state index is -0.931. The predicted octanol–water partition coefficient (Wildman–Crippen LogP) is 2.34. The second-order valence-corrected chi connectivity index (χ2v) is 5.44. The molecule has 0 aliphatic rings. The number of carbonyl (C=O) groups is 1. The minimum Gasteiger partial charge on any atom is -0.345 e. The molecule has 20 heavy (non-hydrogen) atoms. The first-order valence-corrected chi connectivity index (χ1v) is 6.74. The van der Waals surface area contributed by atoms with Crippen molar-refractivity contribution in [3.05, 3.63) is 35.4 Å². The summed E-state index contributed by atoms with van der Waals surface area (Å²) in [5.74, 6) is -1.60. The average Bonchev–Trinajstić information content (AvgIpc) is 2.39. The fourth-order valence-electron chi connectivity index (χ4n) is 1.76. The summed E-state index contributed by atoms with van der Waals surface area (Å²) >= 11 is 0. The highest BCUT2D eigenvalue weighted by Crippen LogP contribution is 2.10. The summed E-state index contributed by atoms with van der Waals surface area (Å²) in [6, 6.07) is 3.56. The molecule has 0 saturated heterocycles. The Morgan fingerprint density at radius 3 is 2.50 bits per heavy atom. The molecule has 0 aromatic heterocycles. The third-order valence-corrected chi connectivity index (χ3v) is 3.42. The van der Waals surface area contributed by atoms with Gasteiger partial charge in [0.15, 0.2) is 11.6 Å². The van der Waals surface area contributed by atoms with Gasteiger partial charge in [-0.2, -0.15) is 0 Å². The first-order chi connectivity index (χ1) is 9.31. The van der Waals surface area contributed by atoms with Crippen molar-refractivity contribution in [2.75, 3.05) is 13.6 Å². The van der Waals surface area contributed by atoms with Gasteiger partial charge >= 0.3 is 0 Å². The first-order valence-electron chi connectivity index (χ1n) is 6.74. The predicted molar refractivity (Wildman–Crippen MR) is 75.1 cm³/mol. The van der Waals surface area contributed by atoms with Gasteiger partial charge in [-0.05, 0) is 30.0 Å². The van der Waals surface area contributed by atoms with Crippen LogP contribution in [0, 0.1) is 17.6 Å². The quantitative estimate of drug-likeness (QED) is 0.871. The van der Waals surface area contributed by atoms with Crippen LogP contribution in [-0.2, 0) is 11.2 Å². The van der Waals surface area contributed by atoms with Crippen molar-refractivity contribution in [3.63, 3.8) is 0 Å². The highest BCUT2D eigenvalue weighted by molar-refractivity contribution is 5.78. The van der Waals surface area contributed by atoms with Crippen LogP contribution in [0.4, 0.5) is 8.78 Å². The summed E-state index contributed by atoms with van der Waals surface area (Å²) in [5, 5.41) is 0. The van der Waals surface area contributed by atoms with E-state index in [1.54, 1.807) is 11.9 Å². The van der Waals surface area contributed by atoms with Gasteiger partial charge in [0.25, 0.3) is 0 Å². The molecule has 0 heterocycles. The molecule has 2 N–H and O–H groups in total. The zero-order valence-electron chi connectivity index (χ0n) is 12.2. The average molecular weight is 284 g/mol. The number of hydrogen-bond acceptors (Lipinski definition) is 2. The number of rotatable bonds is 6. The Hall–Kier alpha value is -1.49. The number of benzene rings is 1. The topological polar surface area (TPSA) is 46.3 Å². The lowest BCUT2D eigenvalue weighted by Gasteiger charge is -2.21. The molecule has 1 rings (SSSR count). The van der Waals surface area contributed by atoms with Crippen molar-refractivity contribution in [1.29, 1.82) is 0 Å². The van der Waals surface area contributed by atoms with Gasteiger partial charge in [-0.1, -0.05) is 19.9 Å². The van der Waals surface area contributed by atoms with E-state index in [1.807, 2.05) is 13.8 Å². The molecule has 0 aliphatic heterocycles. The van der Waals surface area contributed by atoms with Gasteiger partial charge in [-0.15, -0.1) is 0 Å². The fraction of sp³-hybridized carbons (Fsp3) is 0.533. The maximum Gasteiger partial charge on any atom is 0.226 e. The molecule has 5 heteroatoms. The van der Waals surface area contributed by atoms with Crippen LogP contribution in [-0.4, -0.2) is 30.4 Å². The summed E-state index contributed by atoms with van der Waals surface area (Å²) < 4.78 is 25.9. The summed E-state index contributed by atoms with van der Waals surface area (Å²) in [5.41, 5.74) is 6.39. The van der Waals surface area contributed by atoms with Crippen molar-refractivity contribution in [2.24, 2.45) is 11.7 Å². The molecule has 0 radical (unpaired) electrons. The van der Waals surface area contributed by atoms with Gasteiger partial charge in [0.2, 0.25) is 5.91 Å². The Kier molecular flexibility index (Phi) is 6.07. The maximum absolute atomic E-state index is 13.1. The van der Waals surface area contributed by atoms with Crippen molar-refractivity contribution in [2.45, 2.75) is 32.7 Å². The largest absolute Gasteiger partial charge is 0.345 e. The van der Waals surface area contributed by atoms with Crippen molar-refractivity contribution < 1.29 is 13.6 Å². The lowest BCUT2D eigenvalue weighted by Crippen LogP contribution is -2.35. The van der Waals surface area contributed by atoms with E-state index in [1.165, 1.54) is 6.07 Å². The molecule has 0 bridgehead atoms. The van der Waals surface area contributed by atoms with Gasteiger partial charge in [0.1, 0.15) is 0 Å². The number of likely N-dealkylation sites (N-methyl/N-ethyl adjacent to an activating group) is 1. The summed E-state index contributed by atoms with van der Waals surface area (Å²) in [6.45, 7) is 4.63. The molecule has 0 fully saturated rings. The van der Waals surface area contributed by atoms with Gasteiger partial charge in [0, 0.05) is 19.6 Å². The van der Waals surface area contributed by atoms with Gasteiger partial charge in [0.05, 0.1) is 6.42 Å². The first kappa shape index (κ1) is 16.6. The van der Waals surface area contributed by atoms with E-state index >= 15 is 0 Å². The van der Waals surface area contributed by atoms with Crippen LogP contribution >= 0.6 is 0 Å². The van der Waals surface area contributed by atoms with Crippen molar-refractivity contribution in [1.82, 2.24) is 4.90 Å². The Morgan fingerprint density at radius 1 is 1.30 bits per heavy atom. The summed E-state index contributed by atoms with van der Waals surface area (Å²) in [7, 11) is 1.69. The third-order valence-electron chi connectivity index (χ3n) is 3.42. The Bertz CT molecular complexity index is 463. The second kappa shape index (κ2) is 7.33. The van der Waals surface area contributed by atoms with Crippen LogP contribution in [0.3, 0.4) is 0 Å². The molecule has 1 unspecified atom stereocenters. The lowest BCUT2D eigenvalue weighted by molar-refractivity contribution is -0.129. The molecule has 0 spiro atoms. The number of halogens is 2. The van der Waals surface area contributed by atoms with E-state index in [4.69, 9.17) is 5.73 Å². The zero-order valence-corrected chi connectivity index (χ0v) is 12.2. The van der Waals surface area contributed by atoms with E-state index in [-0.39, 0.29) is 18.4 Å². The molecule has 0 saturated carbocycles. The molecule has 1 aromatic carbocycles. The van der Waals surface area contributed by atoms with Gasteiger partial charge < -0.3 is 10.6 Å². The smallest absolute Gasteiger partial charge is 0.226 e. The van der Waals surface area contributed by atoms with Crippen molar-refractivity contribution in [3.8, 4) is 0 Å². The molecule has 0 aliphatic carbocycles. The van der Waals surface area contributed by atoms with E-state index in [9.17, 15) is 13.6 Å². The molecule has 1 atom stereocenters. The minimum absolute atomic E-state index is 0.0496. The van der Waals surface area contributed by atoms with Crippen LogP contribution in [0.1, 0.15) is 25.8 Å². The zero-order chi connectivity index (χ0) is 15.3. The van der Waals surface area contributed by atoms with Gasteiger partial charge in [-0.3, -0.25) is 4.79 Å². The normalized spacial score (nSPS) is 12.6. The number of nitrogens with two attached hydrogens (primary N) is 1. The van der Waals surface area contributed by atoms with Crippen LogP contribution in [0.25, 0.3) is 0 Å². The molecular weight excluding hydrogens is 262 g/mol. The van der Waals surface area contributed by atoms with Crippen LogP contribution in [0.5, 0.6) is 0 Å². The fourth-order valence-corrected chi connectivity index (χ4v) is 1.76. The standard InChI is InChI=1S/C15H22F2N2O/c1-10(2)14(18)6-7-19(3)15(20)9-11-4-5-12(16)13(17)8-11/h4-5,8,10,14H,6-7,9,18H2,1-3H3. The summed E-state index contributed by atoms with van der Waals surface area (Å²) in [6.07, 6.45) is 0.780. The van der Waals surface area contributed by atoms with Crippen LogP contribution in [0.15, 0.2) is 18.2 Å². The van der Waals surface area contributed by atoms with E-state index in [2.05, 4.69) is 0 Å². The molecule has 1 aromatic rings. The number of amides is 1. The number of hydrogen-bond donors (Lipinski definition) is 1. The number of nitrogens with zero attached hydrogens (tertiary/aromatic N) is 1. The van der Waals surface area contributed by atoms with Crippen LogP contribution < -0.4 is 5.73 Å². The summed E-state index contributed by atoms with van der Waals surface area (Å²) in [4.78, 5) is 13.5.